The summed E-state index contributed by atoms with van der Waals surface area (Å²) >= 11 is 3.37. The molecule has 0 spiro atoms. The number of hydrogen-bond donors (Lipinski definition) is 0. The monoisotopic (exact) mass is 320 g/mol. The zero-order chi connectivity index (χ0) is 13.7. The van der Waals surface area contributed by atoms with E-state index in [4.69, 9.17) is 9.47 Å². The summed E-state index contributed by atoms with van der Waals surface area (Å²) < 4.78 is 10.5. The molecule has 3 nitrogen and oxygen atoms in total. The Hall–Kier alpha value is -1.81. The van der Waals surface area contributed by atoms with Crippen LogP contribution in [-0.2, 0) is 10.1 Å². The first-order valence-corrected chi connectivity index (χ1v) is 6.86. The van der Waals surface area contributed by atoms with Gasteiger partial charge in [-0.15, -0.1) is 0 Å². The average molecular weight is 321 g/mol. The van der Waals surface area contributed by atoms with Gasteiger partial charge in [-0.05, 0) is 35.9 Å². The van der Waals surface area contributed by atoms with E-state index in [1.165, 1.54) is 7.11 Å². The van der Waals surface area contributed by atoms with Crippen LogP contribution in [0.1, 0.15) is 15.9 Å². The van der Waals surface area contributed by atoms with E-state index < -0.39 is 0 Å². The van der Waals surface area contributed by atoms with Crippen molar-refractivity contribution in [1.82, 2.24) is 0 Å². The van der Waals surface area contributed by atoms with Gasteiger partial charge in [0.1, 0.15) is 11.5 Å². The molecule has 0 heterocycles. The molecule has 2 aromatic rings. The van der Waals surface area contributed by atoms with Gasteiger partial charge in [-0.1, -0.05) is 34.1 Å². The highest BCUT2D eigenvalue weighted by Crippen LogP contribution is 2.25. The predicted molar refractivity (Wildman–Crippen MR) is 76.9 cm³/mol. The van der Waals surface area contributed by atoms with Crippen LogP contribution < -0.4 is 4.74 Å². The van der Waals surface area contributed by atoms with Crippen molar-refractivity contribution in [3.8, 4) is 11.5 Å². The summed E-state index contributed by atoms with van der Waals surface area (Å²) in [6, 6.07) is 14.8. The minimum Gasteiger partial charge on any atom is -0.465 e. The second-order valence-corrected chi connectivity index (χ2v) is 4.47. The van der Waals surface area contributed by atoms with Gasteiger partial charge in [-0.25, -0.2) is 4.79 Å². The molecule has 98 valence electrons. The van der Waals surface area contributed by atoms with Crippen LogP contribution in [-0.4, -0.2) is 13.1 Å². The average Bonchev–Trinajstić information content (AvgIpc) is 2.47. The van der Waals surface area contributed by atoms with Crippen molar-refractivity contribution in [2.24, 2.45) is 0 Å². The largest absolute Gasteiger partial charge is 0.465 e. The van der Waals surface area contributed by atoms with Gasteiger partial charge in [0.05, 0.1) is 12.7 Å². The van der Waals surface area contributed by atoms with Crippen molar-refractivity contribution in [3.05, 3.63) is 59.7 Å². The number of carbonyl (C=O) groups excluding carboxylic acids is 1. The molecule has 0 atom stereocenters. The van der Waals surface area contributed by atoms with Gasteiger partial charge < -0.3 is 9.47 Å². The molecule has 0 N–H and O–H groups in total. The molecular weight excluding hydrogens is 308 g/mol. The first kappa shape index (κ1) is 13.6. The van der Waals surface area contributed by atoms with Gasteiger partial charge in [-0.2, -0.15) is 0 Å². The number of benzene rings is 2. The normalized spacial score (nSPS) is 10.0. The highest BCUT2D eigenvalue weighted by atomic mass is 79.9. The molecule has 2 rings (SSSR count). The van der Waals surface area contributed by atoms with Crippen LogP contribution in [0.5, 0.6) is 11.5 Å². The third-order valence-electron chi connectivity index (χ3n) is 2.52. The van der Waals surface area contributed by atoms with Crippen LogP contribution in [0.15, 0.2) is 48.5 Å². The number of carbonyl (C=O) groups is 1. The summed E-state index contributed by atoms with van der Waals surface area (Å²) in [4.78, 5) is 11.6. The lowest BCUT2D eigenvalue weighted by Crippen LogP contribution is -2.02. The molecule has 19 heavy (non-hydrogen) atoms. The Morgan fingerprint density at radius 1 is 1.11 bits per heavy atom. The molecule has 0 amide bonds. The smallest absolute Gasteiger partial charge is 0.337 e. The molecule has 0 saturated carbocycles. The van der Waals surface area contributed by atoms with Gasteiger partial charge in [0.25, 0.3) is 0 Å². The van der Waals surface area contributed by atoms with Crippen LogP contribution in [0.2, 0.25) is 0 Å². The van der Waals surface area contributed by atoms with Crippen molar-refractivity contribution >= 4 is 21.9 Å². The molecular formula is C15H13BrO3. The van der Waals surface area contributed by atoms with Gasteiger partial charge in [-0.3, -0.25) is 0 Å². The zero-order valence-corrected chi connectivity index (χ0v) is 12.0. The number of hydrogen-bond acceptors (Lipinski definition) is 3. The van der Waals surface area contributed by atoms with E-state index in [0.717, 1.165) is 11.3 Å². The lowest BCUT2D eigenvalue weighted by atomic mass is 10.1. The minimum atomic E-state index is -0.374. The molecule has 0 saturated heterocycles. The van der Waals surface area contributed by atoms with Gasteiger partial charge in [0.2, 0.25) is 0 Å². The Morgan fingerprint density at radius 2 is 1.84 bits per heavy atom. The third kappa shape index (κ3) is 3.58. The Morgan fingerprint density at radius 3 is 2.47 bits per heavy atom. The topological polar surface area (TPSA) is 35.5 Å². The maximum Gasteiger partial charge on any atom is 0.337 e. The molecule has 4 heteroatoms. The molecule has 0 aliphatic carbocycles. The number of esters is 1. The van der Waals surface area contributed by atoms with Crippen molar-refractivity contribution < 1.29 is 14.3 Å². The van der Waals surface area contributed by atoms with Crippen molar-refractivity contribution in [2.75, 3.05) is 7.11 Å². The van der Waals surface area contributed by atoms with E-state index in [0.29, 0.717) is 16.6 Å². The van der Waals surface area contributed by atoms with Gasteiger partial charge in [0, 0.05) is 5.33 Å². The molecule has 0 bridgehead atoms. The first-order chi connectivity index (χ1) is 9.22. The number of ether oxygens (including phenoxy) is 2. The predicted octanol–water partition coefficient (Wildman–Crippen LogP) is 4.16. The highest BCUT2D eigenvalue weighted by molar-refractivity contribution is 9.08. The van der Waals surface area contributed by atoms with Crippen LogP contribution in [0.3, 0.4) is 0 Å². The molecule has 0 aromatic heterocycles. The number of para-hydroxylation sites is 1. The summed E-state index contributed by atoms with van der Waals surface area (Å²) in [7, 11) is 1.36. The zero-order valence-electron chi connectivity index (χ0n) is 10.4. The molecule has 0 radical (unpaired) electrons. The summed E-state index contributed by atoms with van der Waals surface area (Å²) in [5, 5.41) is 0.642. The third-order valence-corrected chi connectivity index (χ3v) is 3.17. The molecule has 2 aromatic carbocycles. The number of halogens is 1. The summed E-state index contributed by atoms with van der Waals surface area (Å²) in [5.41, 5.74) is 1.43. The van der Waals surface area contributed by atoms with E-state index in [1.807, 2.05) is 36.4 Å². The molecule has 0 unspecified atom stereocenters. The fourth-order valence-electron chi connectivity index (χ4n) is 1.66. The quantitative estimate of drug-likeness (QED) is 0.626. The number of alkyl halides is 1. The maximum absolute atomic E-state index is 11.6. The van der Waals surface area contributed by atoms with Crippen molar-refractivity contribution in [1.29, 1.82) is 0 Å². The lowest BCUT2D eigenvalue weighted by Gasteiger charge is -2.09. The van der Waals surface area contributed by atoms with E-state index in [-0.39, 0.29) is 5.97 Å². The number of rotatable bonds is 4. The van der Waals surface area contributed by atoms with E-state index in [9.17, 15) is 4.79 Å². The Balaban J connectivity index is 2.32. The fourth-order valence-corrected chi connectivity index (χ4v) is 1.98. The van der Waals surface area contributed by atoms with E-state index in [2.05, 4.69) is 15.9 Å². The number of methoxy groups -OCH3 is 1. The summed E-state index contributed by atoms with van der Waals surface area (Å²) in [6.07, 6.45) is 0. The Kier molecular flexibility index (Phi) is 4.58. The second-order valence-electron chi connectivity index (χ2n) is 3.91. The molecule has 0 fully saturated rings. The Labute approximate surface area is 120 Å². The maximum atomic E-state index is 11.6. The second kappa shape index (κ2) is 6.38. The van der Waals surface area contributed by atoms with Crippen LogP contribution in [0.4, 0.5) is 0 Å². The van der Waals surface area contributed by atoms with Crippen LogP contribution in [0, 0.1) is 0 Å². The van der Waals surface area contributed by atoms with Gasteiger partial charge >= 0.3 is 5.97 Å². The van der Waals surface area contributed by atoms with Crippen LogP contribution in [0.25, 0.3) is 0 Å². The van der Waals surface area contributed by atoms with E-state index >= 15 is 0 Å². The van der Waals surface area contributed by atoms with Crippen molar-refractivity contribution in [2.45, 2.75) is 5.33 Å². The minimum absolute atomic E-state index is 0.374. The SMILES string of the molecule is COC(=O)c1cc(CBr)cc(Oc2ccccc2)c1. The summed E-state index contributed by atoms with van der Waals surface area (Å²) in [5.74, 6) is 0.967. The van der Waals surface area contributed by atoms with Crippen LogP contribution >= 0.6 is 15.9 Å². The Bertz CT molecular complexity index is 567. The lowest BCUT2D eigenvalue weighted by molar-refractivity contribution is 0.0600. The first-order valence-electron chi connectivity index (χ1n) is 5.74. The molecule has 0 aliphatic rings. The standard InChI is InChI=1S/C15H13BrO3/c1-18-15(17)12-7-11(10-16)8-14(9-12)19-13-5-3-2-4-6-13/h2-9H,10H2,1H3. The molecule has 0 aliphatic heterocycles. The van der Waals surface area contributed by atoms with E-state index in [1.54, 1.807) is 12.1 Å². The van der Waals surface area contributed by atoms with Crippen molar-refractivity contribution in [3.63, 3.8) is 0 Å². The summed E-state index contributed by atoms with van der Waals surface area (Å²) in [6.45, 7) is 0. The van der Waals surface area contributed by atoms with Gasteiger partial charge in [0.15, 0.2) is 0 Å². The fraction of sp³-hybridized carbons (Fsp3) is 0.133. The highest BCUT2D eigenvalue weighted by Gasteiger charge is 2.09.